The summed E-state index contributed by atoms with van der Waals surface area (Å²) < 4.78 is 5.88. The Bertz CT molecular complexity index is 1160. The quantitative estimate of drug-likeness (QED) is 0.456. The summed E-state index contributed by atoms with van der Waals surface area (Å²) in [6, 6.07) is 8.38. The van der Waals surface area contributed by atoms with Crippen molar-refractivity contribution >= 4 is 16.8 Å². The Kier molecular flexibility index (Phi) is 5.24. The lowest BCUT2D eigenvalue weighted by Gasteiger charge is -2.30. The van der Waals surface area contributed by atoms with Gasteiger partial charge >= 0.3 is 0 Å². The molecule has 6 nitrogen and oxygen atoms in total. The highest BCUT2D eigenvalue weighted by molar-refractivity contribution is 5.81. The number of nitriles is 1. The molecule has 0 spiro atoms. The van der Waals surface area contributed by atoms with Crippen molar-refractivity contribution in [1.29, 1.82) is 5.26 Å². The summed E-state index contributed by atoms with van der Waals surface area (Å²) in [5.41, 5.74) is 6.39. The van der Waals surface area contributed by atoms with Gasteiger partial charge in [-0.3, -0.25) is 0 Å². The second kappa shape index (κ2) is 8.09. The minimum absolute atomic E-state index is 0.0646. The van der Waals surface area contributed by atoms with Crippen molar-refractivity contribution in [2.45, 2.75) is 58.0 Å². The number of aliphatic hydroxyl groups is 1. The zero-order valence-electron chi connectivity index (χ0n) is 18.4. The number of nitrogens with one attached hydrogen (secondary N) is 2. The van der Waals surface area contributed by atoms with E-state index in [-0.39, 0.29) is 12.2 Å². The molecule has 2 bridgehead atoms. The van der Waals surface area contributed by atoms with Gasteiger partial charge in [0.25, 0.3) is 0 Å². The molecule has 1 aromatic heterocycles. The average molecular weight is 429 g/mol. The van der Waals surface area contributed by atoms with E-state index in [2.05, 4.69) is 65.6 Å². The Balaban J connectivity index is 1.48. The molecule has 0 fully saturated rings. The number of anilines is 1. The first-order valence-electron chi connectivity index (χ1n) is 11.2. The highest BCUT2D eigenvalue weighted by Crippen LogP contribution is 2.42. The lowest BCUT2D eigenvalue weighted by Crippen LogP contribution is -2.17. The van der Waals surface area contributed by atoms with Crippen LogP contribution >= 0.6 is 0 Å². The molecule has 1 aliphatic carbocycles. The van der Waals surface area contributed by atoms with Gasteiger partial charge in [-0.25, -0.2) is 4.98 Å². The molecule has 3 N–H and O–H groups in total. The van der Waals surface area contributed by atoms with Crippen LogP contribution in [0.4, 0.5) is 5.69 Å². The van der Waals surface area contributed by atoms with E-state index in [0.717, 1.165) is 36.9 Å². The predicted octanol–water partition coefficient (Wildman–Crippen LogP) is 5.09. The first-order chi connectivity index (χ1) is 15.4. The van der Waals surface area contributed by atoms with Crippen molar-refractivity contribution in [3.8, 4) is 6.07 Å². The van der Waals surface area contributed by atoms with E-state index in [9.17, 15) is 5.11 Å². The molecule has 0 amide bonds. The van der Waals surface area contributed by atoms with Crippen LogP contribution in [0.2, 0.25) is 0 Å². The molecule has 0 saturated heterocycles. The van der Waals surface area contributed by atoms with E-state index < -0.39 is 6.23 Å². The molecule has 3 aliphatic rings. The molecular formula is C26H28N4O2. The number of ether oxygens (including phenoxy) is 1. The molecule has 3 atom stereocenters. The van der Waals surface area contributed by atoms with Gasteiger partial charge in [-0.1, -0.05) is 38.1 Å². The second-order valence-corrected chi connectivity index (χ2v) is 9.62. The molecule has 2 aliphatic heterocycles. The van der Waals surface area contributed by atoms with Crippen LogP contribution in [0.5, 0.6) is 0 Å². The third-order valence-electron chi connectivity index (χ3n) is 6.61. The predicted molar refractivity (Wildman–Crippen MR) is 124 cm³/mol. The van der Waals surface area contributed by atoms with Crippen LogP contribution in [0.1, 0.15) is 68.4 Å². The molecule has 0 saturated carbocycles. The van der Waals surface area contributed by atoms with Gasteiger partial charge in [0.1, 0.15) is 11.8 Å². The Labute approximate surface area is 188 Å². The zero-order chi connectivity index (χ0) is 22.3. The number of imidazole rings is 1. The van der Waals surface area contributed by atoms with Crippen LogP contribution in [0, 0.1) is 16.7 Å². The maximum atomic E-state index is 10.7. The van der Waals surface area contributed by atoms with E-state index in [1.165, 1.54) is 22.9 Å². The first-order valence-corrected chi connectivity index (χ1v) is 11.2. The summed E-state index contributed by atoms with van der Waals surface area (Å²) in [5, 5.41) is 22.9. The number of fused-ring (bicyclic) bond motifs is 2. The van der Waals surface area contributed by atoms with Gasteiger partial charge in [-0.15, -0.1) is 0 Å². The van der Waals surface area contributed by atoms with Crippen LogP contribution in [0.3, 0.4) is 0 Å². The molecule has 3 heterocycles. The minimum Gasteiger partial charge on any atom is -0.367 e. The number of aromatic amines is 1. The van der Waals surface area contributed by atoms with Crippen LogP contribution in [-0.2, 0) is 4.74 Å². The second-order valence-electron chi connectivity index (χ2n) is 9.62. The number of hydrogen-bond acceptors (Lipinski definition) is 5. The molecule has 6 heteroatoms. The molecule has 5 rings (SSSR count). The van der Waals surface area contributed by atoms with E-state index in [1.807, 2.05) is 12.1 Å². The molecule has 32 heavy (non-hydrogen) atoms. The summed E-state index contributed by atoms with van der Waals surface area (Å²) in [4.78, 5) is 6.97. The van der Waals surface area contributed by atoms with E-state index >= 15 is 0 Å². The van der Waals surface area contributed by atoms with E-state index in [4.69, 9.17) is 10.00 Å². The highest BCUT2D eigenvalue weighted by atomic mass is 16.5. The van der Waals surface area contributed by atoms with E-state index in [1.54, 1.807) is 0 Å². The Hall–Kier alpha value is -3.14. The fourth-order valence-corrected chi connectivity index (χ4v) is 4.64. The molecule has 1 aromatic carbocycles. The number of aromatic nitrogens is 2. The smallest absolute Gasteiger partial charge is 0.184 e. The van der Waals surface area contributed by atoms with Crippen LogP contribution in [0.15, 0.2) is 48.7 Å². The summed E-state index contributed by atoms with van der Waals surface area (Å²) in [6.07, 6.45) is 13.4. The summed E-state index contributed by atoms with van der Waals surface area (Å²) in [5.74, 6) is 0.324. The van der Waals surface area contributed by atoms with Crippen LogP contribution in [-0.4, -0.2) is 27.3 Å². The summed E-state index contributed by atoms with van der Waals surface area (Å²) in [7, 11) is 0. The number of rotatable bonds is 5. The zero-order valence-corrected chi connectivity index (χ0v) is 18.4. The van der Waals surface area contributed by atoms with Crippen LogP contribution in [0.25, 0.3) is 11.1 Å². The van der Waals surface area contributed by atoms with E-state index in [0.29, 0.717) is 16.9 Å². The Morgan fingerprint density at radius 3 is 2.91 bits per heavy atom. The van der Waals surface area contributed by atoms with Crippen molar-refractivity contribution in [3.05, 3.63) is 71.3 Å². The number of H-pyrrole nitrogens is 1. The minimum atomic E-state index is -1.04. The molecular weight excluding hydrogens is 400 g/mol. The first kappa shape index (κ1) is 20.7. The van der Waals surface area contributed by atoms with Gasteiger partial charge in [0.15, 0.2) is 12.1 Å². The Morgan fingerprint density at radius 2 is 2.19 bits per heavy atom. The number of benzene rings is 1. The largest absolute Gasteiger partial charge is 0.367 e. The van der Waals surface area contributed by atoms with Gasteiger partial charge in [0.2, 0.25) is 0 Å². The van der Waals surface area contributed by atoms with Gasteiger partial charge in [-0.05, 0) is 59.6 Å². The molecule has 2 aromatic rings. The number of nitrogens with zero attached hydrogens (tertiary/aromatic N) is 2. The molecule has 164 valence electrons. The number of aliphatic hydroxyl groups excluding tert-OH is 1. The summed E-state index contributed by atoms with van der Waals surface area (Å²) >= 11 is 0. The normalized spacial score (nSPS) is 24.4. The van der Waals surface area contributed by atoms with Gasteiger partial charge in [0.05, 0.1) is 18.4 Å². The Morgan fingerprint density at radius 1 is 1.31 bits per heavy atom. The topological polar surface area (TPSA) is 94.0 Å². The lowest BCUT2D eigenvalue weighted by molar-refractivity contribution is 0.0829. The molecule has 1 unspecified atom stereocenters. The maximum Gasteiger partial charge on any atom is 0.184 e. The lowest BCUT2D eigenvalue weighted by atomic mass is 9.76. The summed E-state index contributed by atoms with van der Waals surface area (Å²) in [6.45, 7) is 4.61. The van der Waals surface area contributed by atoms with Crippen molar-refractivity contribution in [2.75, 3.05) is 5.32 Å². The average Bonchev–Trinajstić information content (AvgIpc) is 3.40. The monoisotopic (exact) mass is 428 g/mol. The SMILES string of the molecule is CC1(C)CC=C(c2cc(C3=C[C@H]4C=C[C@@H](C3)O4)ccc2NC(O)c2ncc(C#N)[nH]2)CC1. The highest BCUT2D eigenvalue weighted by Gasteiger charge is 2.27. The van der Waals surface area contributed by atoms with Crippen LogP contribution < -0.4 is 5.32 Å². The third kappa shape index (κ3) is 4.14. The van der Waals surface area contributed by atoms with Gasteiger partial charge in [-0.2, -0.15) is 5.26 Å². The van der Waals surface area contributed by atoms with Crippen molar-refractivity contribution in [3.63, 3.8) is 0 Å². The van der Waals surface area contributed by atoms with Crippen molar-refractivity contribution in [1.82, 2.24) is 9.97 Å². The van der Waals surface area contributed by atoms with Gasteiger partial charge in [0, 0.05) is 17.7 Å². The molecule has 0 radical (unpaired) electrons. The maximum absolute atomic E-state index is 10.7. The van der Waals surface area contributed by atoms with Gasteiger partial charge < -0.3 is 20.1 Å². The fourth-order valence-electron chi connectivity index (χ4n) is 4.64. The third-order valence-corrected chi connectivity index (χ3v) is 6.61. The van der Waals surface area contributed by atoms with Crippen molar-refractivity contribution < 1.29 is 9.84 Å². The number of hydrogen-bond donors (Lipinski definition) is 3. The number of allylic oxidation sites excluding steroid dienone is 2. The van der Waals surface area contributed by atoms with Crippen molar-refractivity contribution in [2.24, 2.45) is 5.41 Å². The standard InChI is InChI=1S/C26H28N4O2/c1-26(2)9-7-16(8-10-26)22-13-17(18-11-20-4-5-21(12-18)32-20)3-6-23(22)30-25(31)24-28-15-19(14-27)29-24/h3-7,11,13,15,20-21,25,30-31H,8-10,12H2,1-2H3,(H,28,29)/t20-,21+,25?/m1/s1. The fraction of sp³-hybridized carbons (Fsp3) is 0.385.